The zero-order valence-corrected chi connectivity index (χ0v) is 8.44. The van der Waals surface area contributed by atoms with E-state index >= 15 is 0 Å². The molecular formula is C11H13P. The molecule has 12 heavy (non-hydrogen) atoms. The number of hydrogen-bond acceptors (Lipinski definition) is 0. The van der Waals surface area contributed by atoms with Crippen LogP contribution in [-0.2, 0) is 6.42 Å². The molecule has 0 N–H and O–H groups in total. The first-order valence-corrected chi connectivity index (χ1v) is 6.47. The first-order valence-electron chi connectivity index (χ1n) is 4.23. The standard InChI is InChI=1S/C11H13P/c1-12(2)11-7-9-5-3-4-6-10(9)8-11/h3-7H,8H2,1-2H3. The molecular weight excluding hydrogens is 163 g/mol. The summed E-state index contributed by atoms with van der Waals surface area (Å²) in [5, 5.41) is 1.63. The Hall–Kier alpha value is -0.610. The van der Waals surface area contributed by atoms with Gasteiger partial charge >= 0.3 is 0 Å². The van der Waals surface area contributed by atoms with E-state index in [4.69, 9.17) is 0 Å². The van der Waals surface area contributed by atoms with E-state index in [9.17, 15) is 0 Å². The summed E-state index contributed by atoms with van der Waals surface area (Å²) < 4.78 is 0. The van der Waals surface area contributed by atoms with Crippen molar-refractivity contribution in [3.8, 4) is 0 Å². The fourth-order valence-electron chi connectivity index (χ4n) is 1.55. The lowest BCUT2D eigenvalue weighted by molar-refractivity contribution is 1.29. The van der Waals surface area contributed by atoms with Crippen LogP contribution in [0.5, 0.6) is 0 Å². The molecule has 0 aromatic heterocycles. The molecule has 1 aliphatic rings. The molecule has 0 spiro atoms. The lowest BCUT2D eigenvalue weighted by Crippen LogP contribution is -1.81. The molecule has 0 aliphatic heterocycles. The predicted octanol–water partition coefficient (Wildman–Crippen LogP) is 3.33. The van der Waals surface area contributed by atoms with Gasteiger partial charge in [-0.25, -0.2) is 0 Å². The van der Waals surface area contributed by atoms with Gasteiger partial charge in [-0.2, -0.15) is 0 Å². The molecule has 1 aliphatic carbocycles. The Labute approximate surface area is 75.1 Å². The number of benzene rings is 1. The van der Waals surface area contributed by atoms with Crippen LogP contribution in [0.1, 0.15) is 11.1 Å². The van der Waals surface area contributed by atoms with Crippen molar-refractivity contribution in [1.82, 2.24) is 0 Å². The topological polar surface area (TPSA) is 0 Å². The Balaban J connectivity index is 2.35. The Bertz CT molecular complexity index is 324. The molecule has 0 atom stereocenters. The van der Waals surface area contributed by atoms with Crippen LogP contribution in [0.4, 0.5) is 0 Å². The van der Waals surface area contributed by atoms with Crippen molar-refractivity contribution in [3.63, 3.8) is 0 Å². The van der Waals surface area contributed by atoms with Crippen molar-refractivity contribution in [1.29, 1.82) is 0 Å². The summed E-state index contributed by atoms with van der Waals surface area (Å²) in [5.74, 6) is 0. The van der Waals surface area contributed by atoms with Gasteiger partial charge in [-0.3, -0.25) is 0 Å². The molecule has 0 bridgehead atoms. The summed E-state index contributed by atoms with van der Waals surface area (Å²) in [6.45, 7) is 4.65. The van der Waals surface area contributed by atoms with Crippen LogP contribution in [0, 0.1) is 0 Å². The normalized spacial score (nSPS) is 14.8. The van der Waals surface area contributed by atoms with Gasteiger partial charge in [-0.1, -0.05) is 38.3 Å². The number of fused-ring (bicyclic) bond motifs is 1. The molecule has 0 unspecified atom stereocenters. The Morgan fingerprint density at radius 1 is 1.17 bits per heavy atom. The summed E-state index contributed by atoms with van der Waals surface area (Å²) >= 11 is 0. The molecule has 0 fully saturated rings. The molecule has 1 aromatic carbocycles. The zero-order valence-electron chi connectivity index (χ0n) is 7.54. The fraction of sp³-hybridized carbons (Fsp3) is 0.273. The fourth-order valence-corrected chi connectivity index (χ4v) is 2.43. The molecule has 0 saturated heterocycles. The number of rotatable bonds is 1. The largest absolute Gasteiger partial charge is 0.0857 e. The van der Waals surface area contributed by atoms with E-state index in [1.807, 2.05) is 0 Å². The first kappa shape index (κ1) is 8.01. The third-order valence-electron chi connectivity index (χ3n) is 2.32. The van der Waals surface area contributed by atoms with Crippen LogP contribution in [0.2, 0.25) is 0 Å². The SMILES string of the molecule is CP(C)C1=Cc2ccccc2C1. The van der Waals surface area contributed by atoms with Crippen LogP contribution in [-0.4, -0.2) is 13.3 Å². The number of allylic oxidation sites excluding steroid dienone is 1. The highest BCUT2D eigenvalue weighted by molar-refractivity contribution is 7.60. The van der Waals surface area contributed by atoms with E-state index in [2.05, 4.69) is 43.7 Å². The van der Waals surface area contributed by atoms with Crippen molar-refractivity contribution in [2.45, 2.75) is 6.42 Å². The monoisotopic (exact) mass is 176 g/mol. The van der Waals surface area contributed by atoms with E-state index in [0.717, 1.165) is 0 Å². The van der Waals surface area contributed by atoms with Crippen molar-refractivity contribution in [2.75, 3.05) is 13.3 Å². The third-order valence-corrected chi connectivity index (χ3v) is 3.76. The van der Waals surface area contributed by atoms with Gasteiger partial charge in [0.25, 0.3) is 0 Å². The van der Waals surface area contributed by atoms with Gasteiger partial charge in [0.1, 0.15) is 0 Å². The minimum atomic E-state index is 0.113. The quantitative estimate of drug-likeness (QED) is 0.576. The smallest absolute Gasteiger partial charge is 0.00154 e. The maximum absolute atomic E-state index is 2.36. The summed E-state index contributed by atoms with van der Waals surface area (Å²) in [4.78, 5) is 0. The average molecular weight is 176 g/mol. The van der Waals surface area contributed by atoms with E-state index in [-0.39, 0.29) is 7.92 Å². The molecule has 1 aromatic rings. The molecule has 1 heteroatoms. The lowest BCUT2D eigenvalue weighted by atomic mass is 10.1. The van der Waals surface area contributed by atoms with Gasteiger partial charge in [0, 0.05) is 0 Å². The second kappa shape index (κ2) is 3.03. The molecule has 0 amide bonds. The molecule has 2 rings (SSSR count). The van der Waals surface area contributed by atoms with Crippen LogP contribution in [0.25, 0.3) is 6.08 Å². The van der Waals surface area contributed by atoms with Gasteiger partial charge in [0.15, 0.2) is 0 Å². The molecule has 0 nitrogen and oxygen atoms in total. The lowest BCUT2D eigenvalue weighted by Gasteiger charge is -2.04. The summed E-state index contributed by atoms with van der Waals surface area (Å²) in [6.07, 6.45) is 3.55. The Kier molecular flexibility index (Phi) is 2.02. The van der Waals surface area contributed by atoms with Crippen molar-refractivity contribution in [2.24, 2.45) is 0 Å². The van der Waals surface area contributed by atoms with E-state index in [1.165, 1.54) is 17.5 Å². The maximum atomic E-state index is 2.36. The highest BCUT2D eigenvalue weighted by atomic mass is 31.1. The van der Waals surface area contributed by atoms with Gasteiger partial charge in [-0.15, -0.1) is 0 Å². The maximum Gasteiger partial charge on any atom is -0.00154 e. The van der Waals surface area contributed by atoms with E-state index < -0.39 is 0 Å². The Morgan fingerprint density at radius 2 is 1.92 bits per heavy atom. The van der Waals surface area contributed by atoms with Crippen molar-refractivity contribution in [3.05, 3.63) is 40.7 Å². The predicted molar refractivity (Wildman–Crippen MR) is 56.9 cm³/mol. The van der Waals surface area contributed by atoms with Gasteiger partial charge in [-0.05, 0) is 36.2 Å². The average Bonchev–Trinajstić information content (AvgIpc) is 2.46. The first-order chi connectivity index (χ1) is 5.77. The highest BCUT2D eigenvalue weighted by Gasteiger charge is 2.13. The van der Waals surface area contributed by atoms with Gasteiger partial charge in [0.2, 0.25) is 0 Å². The van der Waals surface area contributed by atoms with Crippen molar-refractivity contribution >= 4 is 14.0 Å². The molecule has 0 saturated carbocycles. The van der Waals surface area contributed by atoms with Crippen LogP contribution < -0.4 is 0 Å². The summed E-state index contributed by atoms with van der Waals surface area (Å²) in [6, 6.07) is 8.69. The third kappa shape index (κ3) is 1.32. The minimum absolute atomic E-state index is 0.113. The van der Waals surface area contributed by atoms with E-state index in [1.54, 1.807) is 5.31 Å². The summed E-state index contributed by atoms with van der Waals surface area (Å²) in [7, 11) is 0.113. The Morgan fingerprint density at radius 3 is 2.58 bits per heavy atom. The van der Waals surface area contributed by atoms with Gasteiger partial charge < -0.3 is 0 Å². The summed E-state index contributed by atoms with van der Waals surface area (Å²) in [5.41, 5.74) is 2.94. The molecule has 0 radical (unpaired) electrons. The van der Waals surface area contributed by atoms with Crippen LogP contribution >= 0.6 is 7.92 Å². The second-order valence-electron chi connectivity index (χ2n) is 3.41. The van der Waals surface area contributed by atoms with Crippen LogP contribution in [0.15, 0.2) is 29.6 Å². The number of hydrogen-bond donors (Lipinski definition) is 0. The highest BCUT2D eigenvalue weighted by Crippen LogP contribution is 2.43. The van der Waals surface area contributed by atoms with Gasteiger partial charge in [0.05, 0.1) is 0 Å². The van der Waals surface area contributed by atoms with Crippen molar-refractivity contribution < 1.29 is 0 Å². The second-order valence-corrected chi connectivity index (χ2v) is 5.77. The minimum Gasteiger partial charge on any atom is -0.0857 e. The van der Waals surface area contributed by atoms with E-state index in [0.29, 0.717) is 0 Å². The molecule has 0 heterocycles. The molecule has 62 valence electrons. The zero-order chi connectivity index (χ0) is 8.55. The van der Waals surface area contributed by atoms with Crippen LogP contribution in [0.3, 0.4) is 0 Å².